The van der Waals surface area contributed by atoms with Crippen molar-refractivity contribution in [2.45, 2.75) is 18.6 Å². The Morgan fingerprint density at radius 1 is 1.93 bits per heavy atom. The molecule has 0 aliphatic carbocycles. The van der Waals surface area contributed by atoms with Crippen LogP contribution in [0.4, 0.5) is 5.95 Å². The summed E-state index contributed by atoms with van der Waals surface area (Å²) in [6.07, 6.45) is 0.933. The van der Waals surface area contributed by atoms with Crippen LogP contribution in [-0.2, 0) is 11.2 Å². The van der Waals surface area contributed by atoms with Crippen molar-refractivity contribution >= 4 is 5.95 Å². The second kappa shape index (κ2) is 3.35. The van der Waals surface area contributed by atoms with Crippen LogP contribution in [0.2, 0.25) is 0 Å². The Labute approximate surface area is 78.9 Å². The van der Waals surface area contributed by atoms with Gasteiger partial charge in [0.05, 0.1) is 12.7 Å². The van der Waals surface area contributed by atoms with Gasteiger partial charge in [-0.05, 0) is 4.92 Å². The van der Waals surface area contributed by atoms with Gasteiger partial charge >= 0.3 is 5.95 Å². The molecule has 7 nitrogen and oxygen atoms in total. The molecule has 1 aromatic rings. The van der Waals surface area contributed by atoms with Gasteiger partial charge in [0.15, 0.2) is 5.69 Å². The van der Waals surface area contributed by atoms with Gasteiger partial charge < -0.3 is 20.0 Å². The largest absolute Gasteiger partial charge is 0.432 e. The minimum absolute atomic E-state index is 0.134. The molecule has 1 saturated heterocycles. The standard InChI is InChI=1S/C7H9N3O4/c11-5(6-3-14-6)1-4-2-8-7(9-4)10(12)13/h2,5-6,11H,1,3H2,(H,8,9). The fraction of sp³-hybridized carbons (Fsp3) is 0.571. The van der Waals surface area contributed by atoms with E-state index in [2.05, 4.69) is 9.97 Å². The first kappa shape index (κ1) is 9.10. The first-order valence-corrected chi connectivity index (χ1v) is 4.15. The van der Waals surface area contributed by atoms with Crippen LogP contribution in [0.1, 0.15) is 5.69 Å². The number of hydrogen-bond acceptors (Lipinski definition) is 5. The number of nitrogens with one attached hydrogen (secondary N) is 1. The Kier molecular flexibility index (Phi) is 2.18. The molecule has 1 aliphatic heterocycles. The minimum Gasteiger partial charge on any atom is -0.390 e. The third-order valence-corrected chi connectivity index (χ3v) is 2.00. The summed E-state index contributed by atoms with van der Waals surface area (Å²) in [7, 11) is 0. The molecule has 2 rings (SSSR count). The third kappa shape index (κ3) is 1.88. The van der Waals surface area contributed by atoms with Crippen molar-refractivity contribution in [3.63, 3.8) is 0 Å². The summed E-state index contributed by atoms with van der Waals surface area (Å²) in [4.78, 5) is 15.8. The Morgan fingerprint density at radius 2 is 2.64 bits per heavy atom. The van der Waals surface area contributed by atoms with Crippen molar-refractivity contribution < 1.29 is 14.8 Å². The molecule has 2 atom stereocenters. The summed E-state index contributed by atoms with van der Waals surface area (Å²) in [5.74, 6) is -0.302. The number of epoxide rings is 1. The predicted molar refractivity (Wildman–Crippen MR) is 44.7 cm³/mol. The number of nitro groups is 1. The molecule has 0 bridgehead atoms. The fourth-order valence-corrected chi connectivity index (χ4v) is 1.17. The summed E-state index contributed by atoms with van der Waals surface area (Å²) in [6.45, 7) is 0.549. The highest BCUT2D eigenvalue weighted by Crippen LogP contribution is 2.17. The normalized spacial score (nSPS) is 21.9. The van der Waals surface area contributed by atoms with Gasteiger partial charge in [-0.2, -0.15) is 0 Å². The summed E-state index contributed by atoms with van der Waals surface area (Å²) >= 11 is 0. The smallest absolute Gasteiger partial charge is 0.390 e. The molecule has 0 saturated carbocycles. The number of aromatic nitrogens is 2. The monoisotopic (exact) mass is 199 g/mol. The number of H-pyrrole nitrogens is 1. The van der Waals surface area contributed by atoms with Gasteiger partial charge in [-0.3, -0.25) is 0 Å². The van der Waals surface area contributed by atoms with E-state index in [0.717, 1.165) is 0 Å². The average Bonchev–Trinajstić information content (AvgIpc) is 2.87. The van der Waals surface area contributed by atoms with E-state index >= 15 is 0 Å². The molecule has 76 valence electrons. The van der Waals surface area contributed by atoms with E-state index in [1.807, 2.05) is 0 Å². The van der Waals surface area contributed by atoms with Gasteiger partial charge in [-0.1, -0.05) is 4.98 Å². The molecule has 0 radical (unpaired) electrons. The second-order valence-electron chi connectivity index (χ2n) is 3.12. The number of imidazole rings is 1. The number of rotatable bonds is 4. The predicted octanol–water partition coefficient (Wildman–Crippen LogP) is -0.380. The average molecular weight is 199 g/mol. The van der Waals surface area contributed by atoms with E-state index in [-0.39, 0.29) is 18.5 Å². The molecule has 2 heterocycles. The highest BCUT2D eigenvalue weighted by molar-refractivity contribution is 5.12. The second-order valence-corrected chi connectivity index (χ2v) is 3.12. The van der Waals surface area contributed by atoms with E-state index in [0.29, 0.717) is 12.3 Å². The lowest BCUT2D eigenvalue weighted by Gasteiger charge is -2.00. The summed E-state index contributed by atoms with van der Waals surface area (Å²) < 4.78 is 4.87. The minimum atomic E-state index is -0.627. The van der Waals surface area contributed by atoms with E-state index in [1.165, 1.54) is 6.20 Å². The Morgan fingerprint density at radius 3 is 3.14 bits per heavy atom. The van der Waals surface area contributed by atoms with Crippen molar-refractivity contribution in [2.75, 3.05) is 6.61 Å². The van der Waals surface area contributed by atoms with Crippen LogP contribution in [0, 0.1) is 10.1 Å². The lowest BCUT2D eigenvalue weighted by molar-refractivity contribution is -0.393. The van der Waals surface area contributed by atoms with Crippen LogP contribution in [0.5, 0.6) is 0 Å². The molecule has 2 N–H and O–H groups in total. The molecule has 1 aromatic heterocycles. The molecule has 14 heavy (non-hydrogen) atoms. The van der Waals surface area contributed by atoms with Crippen LogP contribution in [-0.4, -0.2) is 38.8 Å². The molecule has 1 fully saturated rings. The molecule has 0 spiro atoms. The van der Waals surface area contributed by atoms with Gasteiger partial charge in [-0.25, -0.2) is 4.98 Å². The van der Waals surface area contributed by atoms with Crippen molar-refractivity contribution in [2.24, 2.45) is 0 Å². The number of aromatic amines is 1. The van der Waals surface area contributed by atoms with Gasteiger partial charge in [-0.15, -0.1) is 0 Å². The Bertz CT molecular complexity index is 346. The van der Waals surface area contributed by atoms with Gasteiger partial charge in [0, 0.05) is 6.42 Å². The summed E-state index contributed by atoms with van der Waals surface area (Å²) in [6, 6.07) is 0. The third-order valence-electron chi connectivity index (χ3n) is 2.00. The maximum Gasteiger partial charge on any atom is 0.432 e. The maximum atomic E-state index is 10.3. The fourth-order valence-electron chi connectivity index (χ4n) is 1.17. The molecule has 2 unspecified atom stereocenters. The van der Waals surface area contributed by atoms with E-state index in [4.69, 9.17) is 4.74 Å². The first-order valence-electron chi connectivity index (χ1n) is 4.15. The van der Waals surface area contributed by atoms with Crippen LogP contribution in [0.25, 0.3) is 0 Å². The number of aliphatic hydroxyl groups excluding tert-OH is 1. The number of aliphatic hydroxyl groups is 1. The van der Waals surface area contributed by atoms with E-state index in [1.54, 1.807) is 0 Å². The molecular formula is C7H9N3O4. The van der Waals surface area contributed by atoms with Crippen molar-refractivity contribution in [1.29, 1.82) is 0 Å². The van der Waals surface area contributed by atoms with Gasteiger partial charge in [0.25, 0.3) is 0 Å². The maximum absolute atomic E-state index is 10.3. The SMILES string of the molecule is O=[N+]([O-])c1nc(CC(O)C2CO2)c[nH]1. The van der Waals surface area contributed by atoms with Crippen molar-refractivity contribution in [3.8, 4) is 0 Å². The number of ether oxygens (including phenoxy) is 1. The zero-order valence-corrected chi connectivity index (χ0v) is 7.21. The molecule has 0 amide bonds. The summed E-state index contributed by atoms with van der Waals surface area (Å²) in [5.41, 5.74) is 0.472. The number of nitrogens with zero attached hydrogens (tertiary/aromatic N) is 2. The van der Waals surface area contributed by atoms with Gasteiger partial charge in [0.2, 0.25) is 0 Å². The van der Waals surface area contributed by atoms with Crippen LogP contribution >= 0.6 is 0 Å². The highest BCUT2D eigenvalue weighted by atomic mass is 16.6. The first-order chi connectivity index (χ1) is 6.66. The Hall–Kier alpha value is -1.47. The van der Waals surface area contributed by atoms with Crippen LogP contribution in [0.15, 0.2) is 6.20 Å². The van der Waals surface area contributed by atoms with Crippen molar-refractivity contribution in [1.82, 2.24) is 9.97 Å². The zero-order chi connectivity index (χ0) is 10.1. The van der Waals surface area contributed by atoms with E-state index in [9.17, 15) is 15.2 Å². The quantitative estimate of drug-likeness (QED) is 0.390. The molecule has 7 heteroatoms. The molecule has 1 aliphatic rings. The lowest BCUT2D eigenvalue weighted by Crippen LogP contribution is -2.17. The topological polar surface area (TPSA) is 105 Å². The summed E-state index contributed by atoms with van der Waals surface area (Å²) in [5, 5.41) is 19.7. The van der Waals surface area contributed by atoms with Crippen LogP contribution in [0.3, 0.4) is 0 Å². The highest BCUT2D eigenvalue weighted by Gasteiger charge is 2.32. The number of hydrogen-bond donors (Lipinski definition) is 2. The lowest BCUT2D eigenvalue weighted by atomic mass is 10.1. The zero-order valence-electron chi connectivity index (χ0n) is 7.21. The van der Waals surface area contributed by atoms with Crippen molar-refractivity contribution in [3.05, 3.63) is 22.0 Å². The Balaban J connectivity index is 1.98. The van der Waals surface area contributed by atoms with E-state index < -0.39 is 11.0 Å². The van der Waals surface area contributed by atoms with Gasteiger partial charge in [0.1, 0.15) is 12.3 Å². The molecule has 0 aromatic carbocycles. The van der Waals surface area contributed by atoms with Crippen LogP contribution < -0.4 is 0 Å². The molecular weight excluding hydrogens is 190 g/mol.